The minimum atomic E-state index is -0.553. The van der Waals surface area contributed by atoms with E-state index in [-0.39, 0.29) is 5.28 Å². The van der Waals surface area contributed by atoms with Gasteiger partial charge in [-0.2, -0.15) is 4.98 Å². The van der Waals surface area contributed by atoms with Crippen molar-refractivity contribution in [3.8, 4) is 0 Å². The molecule has 0 atom stereocenters. The van der Waals surface area contributed by atoms with Crippen LogP contribution >= 0.6 is 22.9 Å². The molecule has 0 saturated carbocycles. The summed E-state index contributed by atoms with van der Waals surface area (Å²) in [4.78, 5) is 20.3. The van der Waals surface area contributed by atoms with E-state index in [0.717, 1.165) is 15.9 Å². The average Bonchev–Trinajstić information content (AvgIpc) is 2.93. The summed E-state index contributed by atoms with van der Waals surface area (Å²) in [6, 6.07) is 9.15. The Balaban J connectivity index is 1.80. The summed E-state index contributed by atoms with van der Waals surface area (Å²) >= 11 is 7.50. The Morgan fingerprint density at radius 1 is 1.20 bits per heavy atom. The molecule has 0 aliphatic heterocycles. The lowest BCUT2D eigenvalue weighted by Gasteiger charge is -2.19. The van der Waals surface area contributed by atoms with Crippen LogP contribution < -0.4 is 10.6 Å². The first-order valence-electron chi connectivity index (χ1n) is 7.58. The summed E-state index contributed by atoms with van der Waals surface area (Å²) in [5, 5.41) is 8.04. The normalized spacial score (nSPS) is 11.4. The van der Waals surface area contributed by atoms with Gasteiger partial charge >= 0.3 is 6.09 Å². The van der Waals surface area contributed by atoms with Crippen LogP contribution in [0, 0.1) is 0 Å². The molecule has 6 nitrogen and oxygen atoms in total. The molecule has 0 fully saturated rings. The van der Waals surface area contributed by atoms with E-state index in [1.165, 1.54) is 11.3 Å². The number of rotatable bonds is 3. The zero-order valence-electron chi connectivity index (χ0n) is 14.0. The predicted molar refractivity (Wildman–Crippen MR) is 102 cm³/mol. The maximum atomic E-state index is 11.9. The molecule has 3 rings (SSSR count). The van der Waals surface area contributed by atoms with Crippen LogP contribution in [0.25, 0.3) is 10.2 Å². The third-order valence-electron chi connectivity index (χ3n) is 3.05. The summed E-state index contributed by atoms with van der Waals surface area (Å²) in [5.74, 6) is 0.624. The lowest BCUT2D eigenvalue weighted by Crippen LogP contribution is -2.27. The van der Waals surface area contributed by atoms with Crippen molar-refractivity contribution in [1.82, 2.24) is 9.97 Å². The van der Waals surface area contributed by atoms with Crippen LogP contribution in [0.4, 0.5) is 22.0 Å². The van der Waals surface area contributed by atoms with Crippen LogP contribution in [-0.4, -0.2) is 21.7 Å². The van der Waals surface area contributed by atoms with Crippen LogP contribution in [0.5, 0.6) is 0 Å². The molecule has 2 N–H and O–H groups in total. The first-order chi connectivity index (χ1) is 11.8. The molecule has 130 valence electrons. The monoisotopic (exact) mass is 376 g/mol. The summed E-state index contributed by atoms with van der Waals surface area (Å²) in [7, 11) is 0. The smallest absolute Gasteiger partial charge is 0.412 e. The molecule has 1 amide bonds. The minimum Gasteiger partial charge on any atom is -0.444 e. The number of nitrogens with zero attached hydrogens (tertiary/aromatic N) is 2. The molecule has 1 aromatic carbocycles. The zero-order chi connectivity index (χ0) is 18.0. The summed E-state index contributed by atoms with van der Waals surface area (Å²) in [5.41, 5.74) is 1.61. The third-order valence-corrected chi connectivity index (χ3v) is 4.13. The number of amides is 1. The standard InChI is InChI=1S/C17H17ClN4O2S/c1-17(2,3)24-16(23)20-11-6-4-5-10(9-11)19-14-13-12(7-8-25-13)21-15(18)22-14/h4-9H,1-3H3,(H,20,23)(H,19,21,22). The molecular formula is C17H17ClN4O2S. The van der Waals surface area contributed by atoms with E-state index in [1.807, 2.05) is 44.4 Å². The second-order valence-corrected chi connectivity index (χ2v) is 7.56. The molecule has 2 aromatic heterocycles. The summed E-state index contributed by atoms with van der Waals surface area (Å²) in [6.07, 6.45) is -0.504. The molecule has 0 radical (unpaired) electrons. The third kappa shape index (κ3) is 4.58. The highest BCUT2D eigenvalue weighted by Crippen LogP contribution is 2.30. The first kappa shape index (κ1) is 17.4. The predicted octanol–water partition coefficient (Wildman–Crippen LogP) is 5.44. The fourth-order valence-corrected chi connectivity index (χ4v) is 3.10. The molecule has 0 aliphatic rings. The SMILES string of the molecule is CC(C)(C)OC(=O)Nc1cccc(Nc2nc(Cl)nc3ccsc23)c1. The Bertz CT molecular complexity index is 920. The number of halogens is 1. The molecule has 0 bridgehead atoms. The van der Waals surface area contributed by atoms with Gasteiger partial charge in [0.05, 0.1) is 10.2 Å². The number of carbonyl (C=O) groups excluding carboxylic acids is 1. The van der Waals surface area contributed by atoms with Crippen molar-refractivity contribution >= 4 is 56.4 Å². The van der Waals surface area contributed by atoms with Gasteiger partial charge in [-0.05, 0) is 62.0 Å². The second kappa shape index (κ2) is 6.85. The van der Waals surface area contributed by atoms with E-state index in [2.05, 4.69) is 20.6 Å². The van der Waals surface area contributed by atoms with E-state index >= 15 is 0 Å². The van der Waals surface area contributed by atoms with Gasteiger partial charge in [0.15, 0.2) is 5.82 Å². The van der Waals surface area contributed by atoms with Gasteiger partial charge in [0, 0.05) is 11.4 Å². The Kier molecular flexibility index (Phi) is 4.78. The number of aromatic nitrogens is 2. The fraction of sp³-hybridized carbons (Fsp3) is 0.235. The van der Waals surface area contributed by atoms with Crippen molar-refractivity contribution in [3.63, 3.8) is 0 Å². The number of nitrogens with one attached hydrogen (secondary N) is 2. The maximum Gasteiger partial charge on any atom is 0.412 e. The van der Waals surface area contributed by atoms with Gasteiger partial charge in [-0.25, -0.2) is 9.78 Å². The Labute approximate surface area is 154 Å². The number of ether oxygens (including phenoxy) is 1. The lowest BCUT2D eigenvalue weighted by atomic mass is 10.2. The largest absolute Gasteiger partial charge is 0.444 e. The molecule has 25 heavy (non-hydrogen) atoms. The van der Waals surface area contributed by atoms with Crippen molar-refractivity contribution < 1.29 is 9.53 Å². The molecule has 2 heterocycles. The van der Waals surface area contributed by atoms with Crippen LogP contribution in [0.1, 0.15) is 20.8 Å². The zero-order valence-corrected chi connectivity index (χ0v) is 15.5. The second-order valence-electron chi connectivity index (χ2n) is 6.31. The number of fused-ring (bicyclic) bond motifs is 1. The van der Waals surface area contributed by atoms with E-state index in [1.54, 1.807) is 12.1 Å². The van der Waals surface area contributed by atoms with Crippen molar-refractivity contribution in [1.29, 1.82) is 0 Å². The number of thiophene rings is 1. The molecule has 0 saturated heterocycles. The Morgan fingerprint density at radius 3 is 2.72 bits per heavy atom. The van der Waals surface area contributed by atoms with Crippen LogP contribution in [-0.2, 0) is 4.74 Å². The fourth-order valence-electron chi connectivity index (χ4n) is 2.15. The van der Waals surface area contributed by atoms with Crippen LogP contribution in [0.3, 0.4) is 0 Å². The van der Waals surface area contributed by atoms with Crippen LogP contribution in [0.2, 0.25) is 5.28 Å². The number of anilines is 3. The van der Waals surface area contributed by atoms with Gasteiger partial charge in [-0.3, -0.25) is 5.32 Å². The number of hydrogen-bond donors (Lipinski definition) is 2. The topological polar surface area (TPSA) is 76.1 Å². The highest BCUT2D eigenvalue weighted by Gasteiger charge is 2.16. The van der Waals surface area contributed by atoms with Gasteiger partial charge in [0.25, 0.3) is 0 Å². The average molecular weight is 377 g/mol. The van der Waals surface area contributed by atoms with E-state index in [9.17, 15) is 4.79 Å². The lowest BCUT2D eigenvalue weighted by molar-refractivity contribution is 0.0636. The highest BCUT2D eigenvalue weighted by molar-refractivity contribution is 7.17. The minimum absolute atomic E-state index is 0.177. The number of hydrogen-bond acceptors (Lipinski definition) is 6. The van der Waals surface area contributed by atoms with E-state index in [0.29, 0.717) is 11.5 Å². The maximum absolute atomic E-state index is 11.9. The van der Waals surface area contributed by atoms with Gasteiger partial charge in [0.1, 0.15) is 5.60 Å². The Hall–Kier alpha value is -2.38. The van der Waals surface area contributed by atoms with Crippen molar-refractivity contribution in [2.24, 2.45) is 0 Å². The first-order valence-corrected chi connectivity index (χ1v) is 8.84. The van der Waals surface area contributed by atoms with Gasteiger partial charge < -0.3 is 10.1 Å². The van der Waals surface area contributed by atoms with Crippen LogP contribution in [0.15, 0.2) is 35.7 Å². The highest BCUT2D eigenvalue weighted by atomic mass is 35.5. The van der Waals surface area contributed by atoms with Gasteiger partial charge in [-0.15, -0.1) is 11.3 Å². The quantitative estimate of drug-likeness (QED) is 0.595. The molecule has 3 aromatic rings. The molecule has 0 unspecified atom stereocenters. The van der Waals surface area contributed by atoms with Gasteiger partial charge in [0.2, 0.25) is 5.28 Å². The van der Waals surface area contributed by atoms with Crippen molar-refractivity contribution in [3.05, 3.63) is 41.0 Å². The molecule has 0 spiro atoms. The molecule has 0 aliphatic carbocycles. The van der Waals surface area contributed by atoms with Crippen molar-refractivity contribution in [2.45, 2.75) is 26.4 Å². The molecular weight excluding hydrogens is 360 g/mol. The van der Waals surface area contributed by atoms with E-state index < -0.39 is 11.7 Å². The number of carbonyl (C=O) groups is 1. The van der Waals surface area contributed by atoms with Gasteiger partial charge in [-0.1, -0.05) is 6.07 Å². The summed E-state index contributed by atoms with van der Waals surface area (Å²) in [6.45, 7) is 5.45. The van der Waals surface area contributed by atoms with Crippen molar-refractivity contribution in [2.75, 3.05) is 10.6 Å². The van der Waals surface area contributed by atoms with E-state index in [4.69, 9.17) is 16.3 Å². The summed E-state index contributed by atoms with van der Waals surface area (Å²) < 4.78 is 6.17. The molecule has 8 heteroatoms. The Morgan fingerprint density at radius 2 is 1.96 bits per heavy atom. The number of benzene rings is 1.